The van der Waals surface area contributed by atoms with Crippen LogP contribution in [-0.4, -0.2) is 22.6 Å². The van der Waals surface area contributed by atoms with Crippen molar-refractivity contribution in [2.24, 2.45) is 5.92 Å². The number of aryl methyl sites for hydroxylation is 2. The summed E-state index contributed by atoms with van der Waals surface area (Å²) in [5, 5.41) is 13.8. The molecular formula is C16H18N2O2. The second-order valence-electron chi connectivity index (χ2n) is 5.97. The van der Waals surface area contributed by atoms with Gasteiger partial charge in [0.2, 0.25) is 0 Å². The number of carboxylic acid groups (broad SMARTS) is 1. The summed E-state index contributed by atoms with van der Waals surface area (Å²) in [6, 6.07) is 6.68. The molecule has 2 atom stereocenters. The van der Waals surface area contributed by atoms with Crippen molar-refractivity contribution in [2.45, 2.75) is 31.7 Å². The number of aliphatic carboxylic acids is 1. The molecule has 1 fully saturated rings. The summed E-state index contributed by atoms with van der Waals surface area (Å²) in [5.41, 5.74) is 5.29. The minimum atomic E-state index is -0.691. The lowest BCUT2D eigenvalue weighted by Gasteiger charge is -2.11. The molecule has 0 amide bonds. The Morgan fingerprint density at radius 2 is 2.20 bits per heavy atom. The molecule has 1 aliphatic heterocycles. The van der Waals surface area contributed by atoms with E-state index in [1.54, 1.807) is 0 Å². The summed E-state index contributed by atoms with van der Waals surface area (Å²) in [5.74, 6) is -0.948. The first-order chi connectivity index (χ1) is 9.72. The van der Waals surface area contributed by atoms with Crippen LogP contribution >= 0.6 is 0 Å². The Kier molecular flexibility index (Phi) is 2.60. The van der Waals surface area contributed by atoms with Crippen molar-refractivity contribution in [3.8, 4) is 0 Å². The molecule has 2 aliphatic rings. The molecule has 2 heterocycles. The summed E-state index contributed by atoms with van der Waals surface area (Å²) in [4.78, 5) is 14.6. The van der Waals surface area contributed by atoms with Crippen LogP contribution in [0.3, 0.4) is 0 Å². The molecule has 4 nitrogen and oxygen atoms in total. The van der Waals surface area contributed by atoms with Gasteiger partial charge in [0.15, 0.2) is 0 Å². The maximum Gasteiger partial charge on any atom is 0.307 e. The van der Waals surface area contributed by atoms with Gasteiger partial charge in [-0.05, 0) is 48.9 Å². The first kappa shape index (κ1) is 12.0. The maximum absolute atomic E-state index is 11.1. The van der Waals surface area contributed by atoms with Crippen molar-refractivity contribution in [1.82, 2.24) is 10.3 Å². The highest BCUT2D eigenvalue weighted by Crippen LogP contribution is 2.34. The fourth-order valence-electron chi connectivity index (χ4n) is 3.66. The highest BCUT2D eigenvalue weighted by molar-refractivity contribution is 5.86. The quantitative estimate of drug-likeness (QED) is 0.785. The van der Waals surface area contributed by atoms with Gasteiger partial charge >= 0.3 is 5.97 Å². The molecule has 0 bridgehead atoms. The van der Waals surface area contributed by atoms with Gasteiger partial charge in [-0.2, -0.15) is 0 Å². The summed E-state index contributed by atoms with van der Waals surface area (Å²) in [6.07, 6.45) is 4.24. The average Bonchev–Trinajstić information content (AvgIpc) is 3.13. The third kappa shape index (κ3) is 1.75. The van der Waals surface area contributed by atoms with Crippen LogP contribution in [0.4, 0.5) is 0 Å². The molecule has 1 aromatic carbocycles. The van der Waals surface area contributed by atoms with Gasteiger partial charge in [0.05, 0.1) is 5.92 Å². The fraction of sp³-hybridized carbons (Fsp3) is 0.438. The Hall–Kier alpha value is -1.81. The monoisotopic (exact) mass is 270 g/mol. The maximum atomic E-state index is 11.1. The van der Waals surface area contributed by atoms with Gasteiger partial charge in [-0.15, -0.1) is 0 Å². The molecule has 1 saturated heterocycles. The lowest BCUT2D eigenvalue weighted by Crippen LogP contribution is -2.17. The molecule has 2 unspecified atom stereocenters. The van der Waals surface area contributed by atoms with E-state index in [0.717, 1.165) is 12.8 Å². The van der Waals surface area contributed by atoms with Gasteiger partial charge < -0.3 is 15.4 Å². The molecule has 0 saturated carbocycles. The molecule has 3 N–H and O–H groups in total. The number of benzene rings is 1. The second kappa shape index (κ2) is 4.35. The van der Waals surface area contributed by atoms with Crippen LogP contribution in [0.15, 0.2) is 18.2 Å². The zero-order valence-electron chi connectivity index (χ0n) is 11.3. The molecule has 0 radical (unpaired) electrons. The van der Waals surface area contributed by atoms with Gasteiger partial charge in [0, 0.05) is 29.2 Å². The molecule has 0 spiro atoms. The van der Waals surface area contributed by atoms with Crippen molar-refractivity contribution in [3.63, 3.8) is 0 Å². The van der Waals surface area contributed by atoms with Crippen molar-refractivity contribution in [3.05, 3.63) is 35.0 Å². The number of aromatic amines is 1. The number of aromatic nitrogens is 1. The SMILES string of the molecule is O=C(O)C1CNC(c2ccc3[nH]c4c(c3c2)CCC4)C1. The van der Waals surface area contributed by atoms with Crippen molar-refractivity contribution < 1.29 is 9.90 Å². The van der Waals surface area contributed by atoms with E-state index in [0.29, 0.717) is 13.0 Å². The van der Waals surface area contributed by atoms with Crippen LogP contribution in [0.1, 0.15) is 35.7 Å². The van der Waals surface area contributed by atoms with Crippen LogP contribution in [0, 0.1) is 5.92 Å². The predicted molar refractivity (Wildman–Crippen MR) is 76.8 cm³/mol. The predicted octanol–water partition coefficient (Wildman–Crippen LogP) is 2.39. The van der Waals surface area contributed by atoms with E-state index < -0.39 is 5.97 Å². The van der Waals surface area contributed by atoms with Crippen LogP contribution in [0.2, 0.25) is 0 Å². The molecule has 4 heteroatoms. The molecule has 104 valence electrons. The second-order valence-corrected chi connectivity index (χ2v) is 5.97. The minimum Gasteiger partial charge on any atom is -0.481 e. The third-order valence-corrected chi connectivity index (χ3v) is 4.75. The topological polar surface area (TPSA) is 65.1 Å². The lowest BCUT2D eigenvalue weighted by molar-refractivity contribution is -0.141. The smallest absolute Gasteiger partial charge is 0.307 e. The first-order valence-electron chi connectivity index (χ1n) is 7.32. The number of hydrogen-bond acceptors (Lipinski definition) is 2. The number of hydrogen-bond donors (Lipinski definition) is 3. The Bertz CT molecular complexity index is 689. The van der Waals surface area contributed by atoms with Crippen molar-refractivity contribution in [1.29, 1.82) is 0 Å². The zero-order valence-corrected chi connectivity index (χ0v) is 11.3. The highest BCUT2D eigenvalue weighted by Gasteiger charge is 2.30. The Balaban J connectivity index is 1.69. The van der Waals surface area contributed by atoms with Gasteiger partial charge in [0.1, 0.15) is 0 Å². The fourth-order valence-corrected chi connectivity index (χ4v) is 3.66. The molecule has 4 rings (SSSR count). The number of H-pyrrole nitrogens is 1. The standard InChI is InChI=1S/C16H18N2O2/c19-16(20)10-7-15(17-8-10)9-4-5-14-12(6-9)11-2-1-3-13(11)18-14/h4-6,10,15,17-18H,1-3,7-8H2,(H,19,20). The number of nitrogens with one attached hydrogen (secondary N) is 2. The minimum absolute atomic E-state index is 0.174. The van der Waals surface area contributed by atoms with E-state index in [2.05, 4.69) is 28.5 Å². The number of carbonyl (C=O) groups is 1. The summed E-state index contributed by atoms with van der Waals surface area (Å²) < 4.78 is 0. The Morgan fingerprint density at radius 3 is 3.00 bits per heavy atom. The molecule has 2 aromatic rings. The normalized spacial score (nSPS) is 25.2. The first-order valence-corrected chi connectivity index (χ1v) is 7.32. The molecule has 1 aromatic heterocycles. The highest BCUT2D eigenvalue weighted by atomic mass is 16.4. The lowest BCUT2D eigenvalue weighted by atomic mass is 9.98. The van der Waals surface area contributed by atoms with Crippen LogP contribution in [-0.2, 0) is 17.6 Å². The van der Waals surface area contributed by atoms with E-state index in [9.17, 15) is 4.79 Å². The number of fused-ring (bicyclic) bond motifs is 3. The molecule has 1 aliphatic carbocycles. The van der Waals surface area contributed by atoms with Gasteiger partial charge in [0.25, 0.3) is 0 Å². The Morgan fingerprint density at radius 1 is 1.30 bits per heavy atom. The van der Waals surface area contributed by atoms with E-state index in [1.807, 2.05) is 0 Å². The van der Waals surface area contributed by atoms with Crippen molar-refractivity contribution in [2.75, 3.05) is 6.54 Å². The zero-order chi connectivity index (χ0) is 13.7. The van der Waals surface area contributed by atoms with Crippen LogP contribution < -0.4 is 5.32 Å². The number of carboxylic acids is 1. The van der Waals surface area contributed by atoms with E-state index >= 15 is 0 Å². The average molecular weight is 270 g/mol. The van der Waals surface area contributed by atoms with Gasteiger partial charge in [-0.1, -0.05) is 6.07 Å². The summed E-state index contributed by atoms with van der Waals surface area (Å²) in [6.45, 7) is 0.573. The molecule has 20 heavy (non-hydrogen) atoms. The van der Waals surface area contributed by atoms with Crippen LogP contribution in [0.5, 0.6) is 0 Å². The summed E-state index contributed by atoms with van der Waals surface area (Å²) >= 11 is 0. The van der Waals surface area contributed by atoms with E-state index in [-0.39, 0.29) is 12.0 Å². The summed E-state index contributed by atoms with van der Waals surface area (Å²) in [7, 11) is 0. The largest absolute Gasteiger partial charge is 0.481 e. The van der Waals surface area contributed by atoms with Crippen molar-refractivity contribution >= 4 is 16.9 Å². The van der Waals surface area contributed by atoms with Gasteiger partial charge in [-0.3, -0.25) is 4.79 Å². The number of rotatable bonds is 2. The third-order valence-electron chi connectivity index (χ3n) is 4.75. The molecular weight excluding hydrogens is 252 g/mol. The van der Waals surface area contributed by atoms with E-state index in [4.69, 9.17) is 5.11 Å². The van der Waals surface area contributed by atoms with Crippen LogP contribution in [0.25, 0.3) is 10.9 Å². The Labute approximate surface area is 117 Å². The van der Waals surface area contributed by atoms with E-state index in [1.165, 1.54) is 34.1 Å². The van der Waals surface area contributed by atoms with Gasteiger partial charge in [-0.25, -0.2) is 0 Å².